The molecular weight excluding hydrogens is 422 g/mol. The maximum atomic E-state index is 13.1. The minimum atomic E-state index is -0.0246. The highest BCUT2D eigenvalue weighted by Gasteiger charge is 2.36. The molecule has 1 aromatic heterocycles. The topological polar surface area (TPSA) is 47.4 Å². The number of anilines is 1. The summed E-state index contributed by atoms with van der Waals surface area (Å²) in [6.07, 6.45) is 0.396. The van der Waals surface area contributed by atoms with Crippen LogP contribution in [-0.4, -0.2) is 29.1 Å². The van der Waals surface area contributed by atoms with Gasteiger partial charge in [0.25, 0.3) is 0 Å². The van der Waals surface area contributed by atoms with Crippen molar-refractivity contribution in [3.8, 4) is 5.75 Å². The van der Waals surface area contributed by atoms with Crippen LogP contribution in [0.25, 0.3) is 11.0 Å². The van der Waals surface area contributed by atoms with Gasteiger partial charge in [-0.05, 0) is 42.8 Å². The second kappa shape index (κ2) is 8.32. The summed E-state index contributed by atoms with van der Waals surface area (Å²) in [6.45, 7) is 3.34. The molecule has 0 spiro atoms. The van der Waals surface area contributed by atoms with Gasteiger partial charge in [-0.1, -0.05) is 53.6 Å². The van der Waals surface area contributed by atoms with Gasteiger partial charge in [-0.25, -0.2) is 4.98 Å². The van der Waals surface area contributed by atoms with E-state index in [9.17, 15) is 4.79 Å². The molecule has 0 radical (unpaired) electrons. The highest BCUT2D eigenvalue weighted by molar-refractivity contribution is 6.31. The minimum absolute atomic E-state index is 0.0246. The lowest BCUT2D eigenvalue weighted by Crippen LogP contribution is -2.25. The van der Waals surface area contributed by atoms with Crippen molar-refractivity contribution in [3.63, 3.8) is 0 Å². The van der Waals surface area contributed by atoms with E-state index in [4.69, 9.17) is 21.3 Å². The van der Waals surface area contributed by atoms with Crippen molar-refractivity contribution in [2.45, 2.75) is 25.8 Å². The molecule has 1 atom stereocenters. The molecule has 1 saturated heterocycles. The highest BCUT2D eigenvalue weighted by Crippen LogP contribution is 2.38. The Bertz CT molecular complexity index is 1310. The fourth-order valence-electron chi connectivity index (χ4n) is 4.55. The summed E-state index contributed by atoms with van der Waals surface area (Å²) in [7, 11) is 1.60. The van der Waals surface area contributed by atoms with E-state index in [1.165, 1.54) is 11.1 Å². The molecule has 0 N–H and O–H groups in total. The van der Waals surface area contributed by atoms with E-state index in [1.807, 2.05) is 18.2 Å². The van der Waals surface area contributed by atoms with E-state index in [1.54, 1.807) is 30.2 Å². The number of carbonyl (C=O) groups is 1. The number of methoxy groups -OCH3 is 1. The van der Waals surface area contributed by atoms with Crippen molar-refractivity contribution in [1.82, 2.24) is 9.55 Å². The Kier molecular flexibility index (Phi) is 5.35. The first-order chi connectivity index (χ1) is 15.5. The molecule has 32 heavy (non-hydrogen) atoms. The van der Waals surface area contributed by atoms with Gasteiger partial charge in [0.05, 0.1) is 23.8 Å². The predicted molar refractivity (Wildman–Crippen MR) is 128 cm³/mol. The van der Waals surface area contributed by atoms with Crippen molar-refractivity contribution in [2.24, 2.45) is 0 Å². The average Bonchev–Trinajstić information content (AvgIpc) is 3.34. The van der Waals surface area contributed by atoms with Crippen LogP contribution in [0.3, 0.4) is 0 Å². The summed E-state index contributed by atoms with van der Waals surface area (Å²) in [4.78, 5) is 19.8. The number of fused-ring (bicyclic) bond motifs is 1. The summed E-state index contributed by atoms with van der Waals surface area (Å²) in [5.74, 6) is 1.59. The number of benzene rings is 3. The third-order valence-electron chi connectivity index (χ3n) is 6.03. The van der Waals surface area contributed by atoms with Crippen molar-refractivity contribution >= 4 is 34.2 Å². The van der Waals surface area contributed by atoms with Gasteiger partial charge in [-0.2, -0.15) is 0 Å². The second-order valence-corrected chi connectivity index (χ2v) is 8.69. The number of nitrogens with zero attached hydrogens (tertiary/aromatic N) is 3. The number of para-hydroxylation sites is 2. The number of amides is 1. The molecule has 0 saturated carbocycles. The molecule has 0 bridgehead atoms. The number of halogens is 1. The Morgan fingerprint density at radius 1 is 1.09 bits per heavy atom. The van der Waals surface area contributed by atoms with Crippen LogP contribution in [0.5, 0.6) is 5.75 Å². The van der Waals surface area contributed by atoms with Crippen molar-refractivity contribution in [2.75, 3.05) is 18.6 Å². The fraction of sp³-hybridized carbons (Fsp3) is 0.231. The quantitative estimate of drug-likeness (QED) is 0.403. The van der Waals surface area contributed by atoms with Crippen molar-refractivity contribution in [3.05, 3.63) is 88.7 Å². The normalized spacial score (nSPS) is 16.2. The molecule has 3 aromatic carbocycles. The minimum Gasteiger partial charge on any atom is -0.495 e. The number of carbonyl (C=O) groups excluding carboxylic acids is 1. The Morgan fingerprint density at radius 2 is 1.94 bits per heavy atom. The number of rotatable bonds is 5. The second-order valence-electron chi connectivity index (χ2n) is 8.26. The fourth-order valence-corrected chi connectivity index (χ4v) is 4.72. The first-order valence-electron chi connectivity index (χ1n) is 10.7. The molecule has 1 amide bonds. The first-order valence-corrected chi connectivity index (χ1v) is 11.1. The lowest BCUT2D eigenvalue weighted by atomic mass is 10.1. The molecule has 5 nitrogen and oxygen atoms in total. The largest absolute Gasteiger partial charge is 0.495 e. The van der Waals surface area contributed by atoms with Gasteiger partial charge in [-0.15, -0.1) is 0 Å². The third-order valence-corrected chi connectivity index (χ3v) is 6.26. The Morgan fingerprint density at radius 3 is 2.75 bits per heavy atom. The summed E-state index contributed by atoms with van der Waals surface area (Å²) in [5, 5.41) is 0.573. The molecule has 5 rings (SSSR count). The molecule has 1 aliphatic heterocycles. The van der Waals surface area contributed by atoms with Crippen LogP contribution in [0, 0.1) is 6.92 Å². The van der Waals surface area contributed by atoms with E-state index < -0.39 is 0 Å². The maximum absolute atomic E-state index is 13.1. The van der Waals surface area contributed by atoms with Crippen LogP contribution >= 0.6 is 11.6 Å². The molecule has 162 valence electrons. The third kappa shape index (κ3) is 3.73. The Labute approximate surface area is 192 Å². The van der Waals surface area contributed by atoms with E-state index in [0.717, 1.165) is 16.9 Å². The van der Waals surface area contributed by atoms with Crippen LogP contribution in [0.1, 0.15) is 29.3 Å². The van der Waals surface area contributed by atoms with Gasteiger partial charge in [0.15, 0.2) is 0 Å². The molecule has 2 heterocycles. The Hall–Kier alpha value is -3.31. The highest BCUT2D eigenvalue weighted by atomic mass is 35.5. The van der Waals surface area contributed by atoms with Gasteiger partial charge in [0.1, 0.15) is 11.6 Å². The average molecular weight is 446 g/mol. The SMILES string of the molecule is COc1ccc(Cl)cc1N1CC(c2nc3ccccc3n2Cc2cccc(C)c2)CC1=O. The summed E-state index contributed by atoms with van der Waals surface area (Å²) in [6, 6.07) is 22.0. The standard InChI is InChI=1S/C26H24ClN3O2/c1-17-6-5-7-18(12-17)15-30-22-9-4-3-8-21(22)28-26(30)19-13-25(31)29(16-19)23-14-20(27)10-11-24(23)32-2/h3-12,14,19H,13,15-16H2,1-2H3. The van der Waals surface area contributed by atoms with Gasteiger partial charge in [0, 0.05) is 30.5 Å². The maximum Gasteiger partial charge on any atom is 0.227 e. The number of aryl methyl sites for hydroxylation is 1. The number of imidazole rings is 1. The van der Waals surface area contributed by atoms with E-state index in [0.29, 0.717) is 36.0 Å². The molecule has 0 aliphatic carbocycles. The Balaban J connectivity index is 1.54. The van der Waals surface area contributed by atoms with Crippen molar-refractivity contribution < 1.29 is 9.53 Å². The van der Waals surface area contributed by atoms with Gasteiger partial charge >= 0.3 is 0 Å². The van der Waals surface area contributed by atoms with Crippen LogP contribution in [0.2, 0.25) is 5.02 Å². The number of ether oxygens (including phenoxy) is 1. The lowest BCUT2D eigenvalue weighted by molar-refractivity contribution is -0.117. The monoisotopic (exact) mass is 445 g/mol. The van der Waals surface area contributed by atoms with E-state index in [-0.39, 0.29) is 11.8 Å². The zero-order valence-electron chi connectivity index (χ0n) is 18.1. The van der Waals surface area contributed by atoms with E-state index in [2.05, 4.69) is 41.8 Å². The zero-order valence-corrected chi connectivity index (χ0v) is 18.8. The number of hydrogen-bond donors (Lipinski definition) is 0. The van der Waals surface area contributed by atoms with Crippen LogP contribution in [-0.2, 0) is 11.3 Å². The zero-order chi connectivity index (χ0) is 22.2. The number of hydrogen-bond acceptors (Lipinski definition) is 3. The predicted octanol–water partition coefficient (Wildman–Crippen LogP) is 5.58. The molecule has 6 heteroatoms. The van der Waals surface area contributed by atoms with Gasteiger partial charge in [-0.3, -0.25) is 4.79 Å². The number of aromatic nitrogens is 2. The first kappa shape index (κ1) is 20.6. The van der Waals surface area contributed by atoms with Crippen LogP contribution in [0.4, 0.5) is 5.69 Å². The van der Waals surface area contributed by atoms with E-state index >= 15 is 0 Å². The smallest absolute Gasteiger partial charge is 0.227 e. The molecule has 4 aromatic rings. The summed E-state index contributed by atoms with van der Waals surface area (Å²) in [5.41, 5.74) is 5.17. The van der Waals surface area contributed by atoms with Crippen LogP contribution in [0.15, 0.2) is 66.7 Å². The molecule has 1 aliphatic rings. The summed E-state index contributed by atoms with van der Waals surface area (Å²) < 4.78 is 7.74. The summed E-state index contributed by atoms with van der Waals surface area (Å²) >= 11 is 6.23. The lowest BCUT2D eigenvalue weighted by Gasteiger charge is -2.20. The van der Waals surface area contributed by atoms with Gasteiger partial charge < -0.3 is 14.2 Å². The van der Waals surface area contributed by atoms with Crippen molar-refractivity contribution in [1.29, 1.82) is 0 Å². The molecular formula is C26H24ClN3O2. The van der Waals surface area contributed by atoms with Gasteiger partial charge in [0.2, 0.25) is 5.91 Å². The molecule has 1 fully saturated rings. The van der Waals surface area contributed by atoms with Crippen LogP contribution < -0.4 is 9.64 Å². The molecule has 1 unspecified atom stereocenters.